The van der Waals surface area contributed by atoms with Gasteiger partial charge in [-0.05, 0) is 18.5 Å². The number of carbonyl (C=O) groups is 2. The Bertz CT molecular complexity index is 403. The van der Waals surface area contributed by atoms with Gasteiger partial charge in [0.25, 0.3) is 0 Å². The monoisotopic (exact) mass is 226 g/mol. The van der Waals surface area contributed by atoms with E-state index in [1.165, 1.54) is 11.5 Å². The summed E-state index contributed by atoms with van der Waals surface area (Å²) in [4.78, 5) is 24.9. The number of aromatic nitrogens is 2. The van der Waals surface area contributed by atoms with E-state index in [2.05, 4.69) is 14.9 Å². The summed E-state index contributed by atoms with van der Waals surface area (Å²) in [6.45, 7) is 2.79. The van der Waals surface area contributed by atoms with Gasteiger partial charge in [-0.15, -0.1) is 5.10 Å². The summed E-state index contributed by atoms with van der Waals surface area (Å²) >= 11 is 1.28. The summed E-state index contributed by atoms with van der Waals surface area (Å²) < 4.78 is 3.79. The molecule has 0 aliphatic carbocycles. The molecule has 3 amide bonds. The second-order valence-electron chi connectivity index (χ2n) is 3.31. The van der Waals surface area contributed by atoms with Crippen molar-refractivity contribution in [2.24, 2.45) is 0 Å². The molecule has 2 heterocycles. The molecule has 6 nitrogen and oxygen atoms in total. The van der Waals surface area contributed by atoms with Crippen LogP contribution in [-0.4, -0.2) is 33.0 Å². The number of carbonyl (C=O) groups excluding carboxylic acids is 2. The first kappa shape index (κ1) is 10.0. The number of rotatable bonds is 2. The number of hydrogen-bond donors (Lipinski definition) is 1. The molecule has 0 saturated carbocycles. The third kappa shape index (κ3) is 2.12. The Balaban J connectivity index is 2.04. The van der Waals surface area contributed by atoms with Crippen LogP contribution >= 0.6 is 11.5 Å². The molecule has 15 heavy (non-hydrogen) atoms. The lowest BCUT2D eigenvalue weighted by molar-refractivity contribution is -0.121. The first-order chi connectivity index (χ1) is 7.16. The van der Waals surface area contributed by atoms with Gasteiger partial charge >= 0.3 is 6.03 Å². The van der Waals surface area contributed by atoms with Gasteiger partial charge in [-0.2, -0.15) is 0 Å². The van der Waals surface area contributed by atoms with Crippen molar-refractivity contribution in [2.45, 2.75) is 19.9 Å². The average molecular weight is 226 g/mol. The van der Waals surface area contributed by atoms with Gasteiger partial charge in [-0.1, -0.05) is 4.49 Å². The Morgan fingerprint density at radius 2 is 2.33 bits per heavy atom. The Morgan fingerprint density at radius 1 is 1.53 bits per heavy atom. The molecule has 0 atom stereocenters. The zero-order chi connectivity index (χ0) is 10.8. The lowest BCUT2D eigenvalue weighted by Gasteiger charge is -2.25. The maximum absolute atomic E-state index is 11.4. The first-order valence-corrected chi connectivity index (χ1v) is 5.31. The molecule has 0 spiro atoms. The molecule has 1 N–H and O–H groups in total. The molecule has 1 fully saturated rings. The van der Waals surface area contributed by atoms with E-state index in [9.17, 15) is 9.59 Å². The van der Waals surface area contributed by atoms with Crippen LogP contribution in [0.2, 0.25) is 0 Å². The number of hydrogen-bond acceptors (Lipinski definition) is 5. The molecule has 0 radical (unpaired) electrons. The molecular weight excluding hydrogens is 216 g/mol. The van der Waals surface area contributed by atoms with E-state index in [4.69, 9.17) is 0 Å². The predicted molar refractivity (Wildman–Crippen MR) is 53.2 cm³/mol. The number of imide groups is 1. The Hall–Kier alpha value is -1.50. The van der Waals surface area contributed by atoms with Crippen molar-refractivity contribution in [3.05, 3.63) is 10.6 Å². The summed E-state index contributed by atoms with van der Waals surface area (Å²) in [7, 11) is 0. The van der Waals surface area contributed by atoms with Gasteiger partial charge in [0.2, 0.25) is 5.91 Å². The molecule has 80 valence electrons. The molecule has 7 heteroatoms. The van der Waals surface area contributed by atoms with Crippen LogP contribution < -0.4 is 5.32 Å². The molecule has 1 saturated heterocycles. The van der Waals surface area contributed by atoms with E-state index in [0.29, 0.717) is 19.5 Å². The zero-order valence-electron chi connectivity index (χ0n) is 8.19. The van der Waals surface area contributed by atoms with Crippen LogP contribution in [-0.2, 0) is 11.3 Å². The number of urea groups is 1. The van der Waals surface area contributed by atoms with Crippen LogP contribution in [0.5, 0.6) is 0 Å². The summed E-state index contributed by atoms with van der Waals surface area (Å²) in [5, 5.41) is 6.14. The predicted octanol–water partition coefficient (Wildman–Crippen LogP) is 0.288. The molecule has 1 aliphatic rings. The van der Waals surface area contributed by atoms with E-state index in [1.54, 1.807) is 4.90 Å². The smallest absolute Gasteiger partial charge is 0.319 e. The maximum Gasteiger partial charge on any atom is 0.324 e. The number of amides is 3. The van der Waals surface area contributed by atoms with Crippen molar-refractivity contribution in [2.75, 3.05) is 6.54 Å². The van der Waals surface area contributed by atoms with Gasteiger partial charge < -0.3 is 4.90 Å². The highest BCUT2D eigenvalue weighted by molar-refractivity contribution is 7.05. The third-order valence-corrected chi connectivity index (χ3v) is 3.03. The van der Waals surface area contributed by atoms with Crippen molar-refractivity contribution < 1.29 is 9.59 Å². The lowest BCUT2D eigenvalue weighted by atomic mass is 10.3. The van der Waals surface area contributed by atoms with Crippen LogP contribution in [0.4, 0.5) is 4.79 Å². The van der Waals surface area contributed by atoms with E-state index in [-0.39, 0.29) is 11.9 Å². The molecule has 0 bridgehead atoms. The minimum Gasteiger partial charge on any atom is -0.319 e. The van der Waals surface area contributed by atoms with Gasteiger partial charge in [-0.3, -0.25) is 10.1 Å². The average Bonchev–Trinajstić information content (AvgIpc) is 2.57. The van der Waals surface area contributed by atoms with E-state index in [1.807, 2.05) is 6.92 Å². The second-order valence-corrected chi connectivity index (χ2v) is 4.15. The van der Waals surface area contributed by atoms with Crippen LogP contribution in [0.3, 0.4) is 0 Å². The van der Waals surface area contributed by atoms with Crippen molar-refractivity contribution in [3.63, 3.8) is 0 Å². The molecule has 1 aliphatic heterocycles. The summed E-state index contributed by atoms with van der Waals surface area (Å²) in [6, 6.07) is -0.334. The normalized spacial score (nSPS) is 16.7. The van der Waals surface area contributed by atoms with Gasteiger partial charge in [0.05, 0.1) is 17.1 Å². The zero-order valence-corrected chi connectivity index (χ0v) is 9.00. The summed E-state index contributed by atoms with van der Waals surface area (Å²) in [6.07, 6.45) is 0.358. The van der Waals surface area contributed by atoms with Crippen LogP contribution in [0.25, 0.3) is 0 Å². The summed E-state index contributed by atoms with van der Waals surface area (Å²) in [5.41, 5.74) is 0.838. The van der Waals surface area contributed by atoms with Crippen molar-refractivity contribution in [1.29, 1.82) is 0 Å². The Labute approximate surface area is 90.4 Å². The molecule has 1 aromatic heterocycles. The van der Waals surface area contributed by atoms with Crippen molar-refractivity contribution in [1.82, 2.24) is 19.8 Å². The fraction of sp³-hybridized carbons (Fsp3) is 0.500. The number of aryl methyl sites for hydroxylation is 1. The van der Waals surface area contributed by atoms with Gasteiger partial charge in [0, 0.05) is 13.0 Å². The standard InChI is InChI=1S/C8H10N4O2S/c1-5-6(15-11-10-5)4-12-3-2-7(13)9-8(12)14/h2-4H2,1H3,(H,9,13,14). The highest BCUT2D eigenvalue weighted by Gasteiger charge is 2.23. The molecular formula is C8H10N4O2S. The van der Waals surface area contributed by atoms with Crippen molar-refractivity contribution >= 4 is 23.5 Å². The molecule has 2 rings (SSSR count). The minimum absolute atomic E-state index is 0.213. The maximum atomic E-state index is 11.4. The van der Waals surface area contributed by atoms with E-state index >= 15 is 0 Å². The number of nitrogens with one attached hydrogen (secondary N) is 1. The first-order valence-electron chi connectivity index (χ1n) is 4.53. The minimum atomic E-state index is -0.334. The SMILES string of the molecule is Cc1nnsc1CN1CCC(=O)NC1=O. The number of nitrogens with zero attached hydrogens (tertiary/aromatic N) is 3. The third-order valence-electron chi connectivity index (χ3n) is 2.22. The van der Waals surface area contributed by atoms with Gasteiger partial charge in [0.1, 0.15) is 0 Å². The summed E-state index contributed by atoms with van der Waals surface area (Å²) in [5.74, 6) is -0.213. The lowest BCUT2D eigenvalue weighted by Crippen LogP contribution is -2.48. The fourth-order valence-corrected chi connectivity index (χ4v) is 1.97. The molecule has 0 aromatic carbocycles. The van der Waals surface area contributed by atoms with E-state index in [0.717, 1.165) is 10.6 Å². The Kier molecular flexibility index (Phi) is 2.63. The van der Waals surface area contributed by atoms with Crippen LogP contribution in [0.1, 0.15) is 17.0 Å². The Morgan fingerprint density at radius 3 is 2.93 bits per heavy atom. The fourth-order valence-electron chi connectivity index (χ4n) is 1.32. The largest absolute Gasteiger partial charge is 0.324 e. The van der Waals surface area contributed by atoms with E-state index < -0.39 is 0 Å². The van der Waals surface area contributed by atoms with Crippen molar-refractivity contribution in [3.8, 4) is 0 Å². The van der Waals surface area contributed by atoms with Crippen LogP contribution in [0, 0.1) is 6.92 Å². The van der Waals surface area contributed by atoms with Gasteiger partial charge in [-0.25, -0.2) is 4.79 Å². The second kappa shape index (κ2) is 3.93. The quantitative estimate of drug-likeness (QED) is 0.786. The topological polar surface area (TPSA) is 75.2 Å². The highest BCUT2D eigenvalue weighted by Crippen LogP contribution is 2.14. The van der Waals surface area contributed by atoms with Gasteiger partial charge in [0.15, 0.2) is 0 Å². The van der Waals surface area contributed by atoms with Crippen LogP contribution in [0.15, 0.2) is 0 Å². The highest BCUT2D eigenvalue weighted by atomic mass is 32.1. The molecule has 0 unspecified atom stereocenters. The molecule has 1 aromatic rings.